The van der Waals surface area contributed by atoms with Crippen LogP contribution in [0.5, 0.6) is 0 Å². The lowest BCUT2D eigenvalue weighted by Gasteiger charge is -2.24. The van der Waals surface area contributed by atoms with Gasteiger partial charge >= 0.3 is 0 Å². The number of non-ortho nitro benzene ring substituents is 1. The molecular formula is C12H15BrN2O4S. The van der Waals surface area contributed by atoms with Crippen molar-refractivity contribution in [1.82, 2.24) is 0 Å². The molecule has 1 aliphatic rings. The smallest absolute Gasteiger partial charge is 0.269 e. The average molecular weight is 363 g/mol. The number of nitro benzene ring substituents is 1. The van der Waals surface area contributed by atoms with Gasteiger partial charge in [0.25, 0.3) is 5.69 Å². The van der Waals surface area contributed by atoms with Crippen LogP contribution in [0.1, 0.15) is 12.0 Å². The van der Waals surface area contributed by atoms with Crippen molar-refractivity contribution >= 4 is 37.1 Å². The van der Waals surface area contributed by atoms with Crippen molar-refractivity contribution in [2.24, 2.45) is 0 Å². The highest BCUT2D eigenvalue weighted by Gasteiger charge is 2.21. The summed E-state index contributed by atoms with van der Waals surface area (Å²) in [7, 11) is -2.96. The van der Waals surface area contributed by atoms with E-state index in [-0.39, 0.29) is 17.2 Å². The molecule has 1 fully saturated rings. The Morgan fingerprint density at radius 1 is 1.30 bits per heavy atom. The molecule has 6 nitrogen and oxygen atoms in total. The molecule has 0 aromatic heterocycles. The molecule has 0 spiro atoms. The van der Waals surface area contributed by atoms with Crippen molar-refractivity contribution in [3.05, 3.63) is 33.9 Å². The summed E-state index contributed by atoms with van der Waals surface area (Å²) in [6, 6.07) is 4.69. The van der Waals surface area contributed by atoms with Gasteiger partial charge in [-0.2, -0.15) is 0 Å². The predicted octanol–water partition coefficient (Wildman–Crippen LogP) is 2.11. The highest BCUT2D eigenvalue weighted by atomic mass is 79.9. The summed E-state index contributed by atoms with van der Waals surface area (Å²) in [4.78, 5) is 12.4. The molecule has 1 heterocycles. The summed E-state index contributed by atoms with van der Waals surface area (Å²) in [6.45, 7) is 1.08. The summed E-state index contributed by atoms with van der Waals surface area (Å²) in [6.07, 6.45) is 0.584. The maximum atomic E-state index is 11.6. The second kappa shape index (κ2) is 6.09. The van der Waals surface area contributed by atoms with Crippen molar-refractivity contribution < 1.29 is 13.3 Å². The highest BCUT2D eigenvalue weighted by Crippen LogP contribution is 2.28. The summed E-state index contributed by atoms with van der Waals surface area (Å²) in [5.74, 6) is 0.339. The molecule has 0 N–H and O–H groups in total. The van der Waals surface area contributed by atoms with Crippen LogP contribution >= 0.6 is 15.9 Å². The average Bonchev–Trinajstić information content (AvgIpc) is 2.59. The van der Waals surface area contributed by atoms with Crippen molar-refractivity contribution in [1.29, 1.82) is 0 Å². The molecule has 1 aliphatic heterocycles. The van der Waals surface area contributed by atoms with Crippen LogP contribution < -0.4 is 4.90 Å². The molecule has 0 saturated carbocycles. The number of benzene rings is 1. The molecule has 0 aliphatic carbocycles. The lowest BCUT2D eigenvalue weighted by Crippen LogP contribution is -2.27. The van der Waals surface area contributed by atoms with Crippen LogP contribution in [-0.4, -0.2) is 37.9 Å². The molecule has 0 bridgehead atoms. The monoisotopic (exact) mass is 362 g/mol. The van der Waals surface area contributed by atoms with E-state index in [0.717, 1.165) is 11.3 Å². The van der Waals surface area contributed by atoms with Crippen LogP contribution in [0.2, 0.25) is 0 Å². The van der Waals surface area contributed by atoms with Gasteiger partial charge in [-0.25, -0.2) is 8.42 Å². The minimum absolute atomic E-state index is 0.0469. The quantitative estimate of drug-likeness (QED) is 0.467. The van der Waals surface area contributed by atoms with Gasteiger partial charge in [0.2, 0.25) is 0 Å². The Morgan fingerprint density at radius 2 is 2.05 bits per heavy atom. The maximum absolute atomic E-state index is 11.6. The van der Waals surface area contributed by atoms with Gasteiger partial charge < -0.3 is 4.90 Å². The third-order valence-corrected chi connectivity index (χ3v) is 5.63. The van der Waals surface area contributed by atoms with Crippen molar-refractivity contribution in [2.45, 2.75) is 11.8 Å². The molecule has 2 rings (SSSR count). The molecule has 0 atom stereocenters. The number of hydrogen-bond acceptors (Lipinski definition) is 5. The fourth-order valence-corrected chi connectivity index (χ4v) is 4.00. The normalized spacial score (nSPS) is 18.6. The summed E-state index contributed by atoms with van der Waals surface area (Å²) in [5.41, 5.74) is 1.72. The number of hydrogen-bond donors (Lipinski definition) is 0. The van der Waals surface area contributed by atoms with Crippen LogP contribution in [0.3, 0.4) is 0 Å². The summed E-state index contributed by atoms with van der Waals surface area (Å²) >= 11 is 3.33. The number of nitrogens with zero attached hydrogens (tertiary/aromatic N) is 2. The fourth-order valence-electron chi connectivity index (χ4n) is 2.28. The van der Waals surface area contributed by atoms with E-state index in [1.54, 1.807) is 6.07 Å². The SMILES string of the molecule is O=[N+]([O-])c1ccc(N2CCCS(=O)(=O)CC2)c(CBr)c1. The Balaban J connectivity index is 2.30. The van der Waals surface area contributed by atoms with Crippen LogP contribution in [0.4, 0.5) is 11.4 Å². The van der Waals surface area contributed by atoms with Gasteiger partial charge in [0.1, 0.15) is 0 Å². The number of rotatable bonds is 3. The minimum atomic E-state index is -2.96. The molecule has 1 aromatic rings. The van der Waals surface area contributed by atoms with E-state index in [9.17, 15) is 18.5 Å². The van der Waals surface area contributed by atoms with E-state index in [1.165, 1.54) is 12.1 Å². The van der Waals surface area contributed by atoms with Gasteiger partial charge in [-0.3, -0.25) is 10.1 Å². The third-order valence-electron chi connectivity index (χ3n) is 3.31. The Morgan fingerprint density at radius 3 is 2.70 bits per heavy atom. The first-order valence-electron chi connectivity index (χ1n) is 6.21. The van der Waals surface area contributed by atoms with Crippen molar-refractivity contribution in [2.75, 3.05) is 29.5 Å². The van der Waals surface area contributed by atoms with E-state index >= 15 is 0 Å². The van der Waals surface area contributed by atoms with E-state index in [1.807, 2.05) is 4.90 Å². The van der Waals surface area contributed by atoms with E-state index < -0.39 is 14.8 Å². The Labute approximate surface area is 126 Å². The second-order valence-electron chi connectivity index (χ2n) is 4.70. The van der Waals surface area contributed by atoms with Gasteiger partial charge in [-0.05, 0) is 18.1 Å². The van der Waals surface area contributed by atoms with Crippen LogP contribution in [-0.2, 0) is 15.2 Å². The van der Waals surface area contributed by atoms with Crippen LogP contribution in [0, 0.1) is 10.1 Å². The van der Waals surface area contributed by atoms with Gasteiger partial charge in [0.05, 0.1) is 16.4 Å². The second-order valence-corrected chi connectivity index (χ2v) is 7.56. The number of halogens is 1. The van der Waals surface area contributed by atoms with Crippen molar-refractivity contribution in [3.8, 4) is 0 Å². The number of anilines is 1. The summed E-state index contributed by atoms with van der Waals surface area (Å²) in [5, 5.41) is 11.3. The zero-order chi connectivity index (χ0) is 14.8. The first-order chi connectivity index (χ1) is 9.43. The first kappa shape index (κ1) is 15.2. The Kier molecular flexibility index (Phi) is 4.64. The molecule has 0 radical (unpaired) electrons. The molecule has 1 aromatic carbocycles. The van der Waals surface area contributed by atoms with Gasteiger partial charge in [0, 0.05) is 36.2 Å². The number of sulfone groups is 1. The molecular weight excluding hydrogens is 348 g/mol. The molecule has 1 saturated heterocycles. The first-order valence-corrected chi connectivity index (χ1v) is 9.16. The van der Waals surface area contributed by atoms with Gasteiger partial charge in [0.15, 0.2) is 9.84 Å². The minimum Gasteiger partial charge on any atom is -0.370 e. The maximum Gasteiger partial charge on any atom is 0.269 e. The highest BCUT2D eigenvalue weighted by molar-refractivity contribution is 9.08. The third kappa shape index (κ3) is 3.49. The van der Waals surface area contributed by atoms with E-state index in [4.69, 9.17) is 0 Å². The molecule has 20 heavy (non-hydrogen) atoms. The standard InChI is InChI=1S/C12H15BrN2O4S/c13-9-10-8-11(15(16)17)2-3-12(10)14-4-1-6-20(18,19)7-5-14/h2-3,8H,1,4-7,9H2. The number of alkyl halides is 1. The molecule has 0 unspecified atom stereocenters. The van der Waals surface area contributed by atoms with Gasteiger partial charge in [-0.15, -0.1) is 0 Å². The number of nitro groups is 1. The predicted molar refractivity (Wildman–Crippen MR) is 81.2 cm³/mol. The van der Waals surface area contributed by atoms with E-state index in [0.29, 0.717) is 24.8 Å². The lowest BCUT2D eigenvalue weighted by atomic mass is 10.1. The van der Waals surface area contributed by atoms with Gasteiger partial charge in [-0.1, -0.05) is 15.9 Å². The fraction of sp³-hybridized carbons (Fsp3) is 0.500. The summed E-state index contributed by atoms with van der Waals surface area (Å²) < 4.78 is 23.2. The Bertz CT molecular complexity index is 618. The van der Waals surface area contributed by atoms with Crippen LogP contribution in [0.15, 0.2) is 18.2 Å². The molecule has 110 valence electrons. The van der Waals surface area contributed by atoms with Crippen molar-refractivity contribution in [3.63, 3.8) is 0 Å². The van der Waals surface area contributed by atoms with E-state index in [2.05, 4.69) is 15.9 Å². The largest absolute Gasteiger partial charge is 0.370 e. The molecule has 0 amide bonds. The lowest BCUT2D eigenvalue weighted by molar-refractivity contribution is -0.384. The zero-order valence-electron chi connectivity index (χ0n) is 10.8. The zero-order valence-corrected chi connectivity index (χ0v) is 13.2. The Hall–Kier alpha value is -1.15. The topological polar surface area (TPSA) is 80.5 Å². The molecule has 8 heteroatoms. The van der Waals surface area contributed by atoms with Crippen LogP contribution in [0.25, 0.3) is 0 Å².